The van der Waals surface area contributed by atoms with Gasteiger partial charge in [0.05, 0.1) is 0 Å². The van der Waals surface area contributed by atoms with Crippen molar-refractivity contribution in [2.24, 2.45) is 5.73 Å². The summed E-state index contributed by atoms with van der Waals surface area (Å²) >= 11 is 0. The molecular weight excluding hydrogens is 234 g/mol. The zero-order chi connectivity index (χ0) is 13.5. The molecular formula is C16H25N3. The van der Waals surface area contributed by atoms with Gasteiger partial charge in [-0.05, 0) is 49.9 Å². The van der Waals surface area contributed by atoms with Gasteiger partial charge in [0.1, 0.15) is 0 Å². The fraction of sp³-hybridized carbons (Fsp3) is 0.625. The van der Waals surface area contributed by atoms with E-state index in [1.54, 1.807) is 0 Å². The van der Waals surface area contributed by atoms with Gasteiger partial charge in [-0.25, -0.2) is 0 Å². The molecule has 0 spiro atoms. The van der Waals surface area contributed by atoms with E-state index >= 15 is 0 Å². The van der Waals surface area contributed by atoms with Crippen LogP contribution in [-0.4, -0.2) is 43.2 Å². The molecule has 1 heterocycles. The minimum Gasteiger partial charge on any atom is -0.369 e. The first-order valence-electron chi connectivity index (χ1n) is 7.39. The number of benzene rings is 1. The normalized spacial score (nSPS) is 22.6. The Labute approximate surface area is 116 Å². The summed E-state index contributed by atoms with van der Waals surface area (Å²) in [7, 11) is 0. The summed E-state index contributed by atoms with van der Waals surface area (Å²) in [4.78, 5) is 5.03. The monoisotopic (exact) mass is 259 g/mol. The molecule has 0 unspecified atom stereocenters. The van der Waals surface area contributed by atoms with E-state index in [9.17, 15) is 0 Å². The molecule has 3 nitrogen and oxygen atoms in total. The van der Waals surface area contributed by atoms with Gasteiger partial charge in [-0.2, -0.15) is 0 Å². The average molecular weight is 259 g/mol. The molecule has 1 aromatic carbocycles. The molecule has 2 aliphatic rings. The average Bonchev–Trinajstić information content (AvgIpc) is 3.11. The van der Waals surface area contributed by atoms with Gasteiger partial charge in [0.2, 0.25) is 0 Å². The first kappa shape index (κ1) is 12.9. The van der Waals surface area contributed by atoms with Crippen molar-refractivity contribution in [1.29, 1.82) is 0 Å². The van der Waals surface area contributed by atoms with Crippen molar-refractivity contribution in [3.63, 3.8) is 0 Å². The Kier molecular flexibility index (Phi) is 3.27. The van der Waals surface area contributed by atoms with Crippen LogP contribution in [0.5, 0.6) is 0 Å². The summed E-state index contributed by atoms with van der Waals surface area (Å²) in [5.41, 5.74) is 10.5. The van der Waals surface area contributed by atoms with Crippen molar-refractivity contribution in [3.05, 3.63) is 29.3 Å². The SMILES string of the molecule is Cc1ccc(N2CCN(CC3(N)CC3)CC2)cc1C. The quantitative estimate of drug-likeness (QED) is 0.900. The highest BCUT2D eigenvalue weighted by molar-refractivity contribution is 5.51. The van der Waals surface area contributed by atoms with Gasteiger partial charge in [0.25, 0.3) is 0 Å². The molecule has 0 radical (unpaired) electrons. The zero-order valence-corrected chi connectivity index (χ0v) is 12.2. The lowest BCUT2D eigenvalue weighted by molar-refractivity contribution is 0.236. The van der Waals surface area contributed by atoms with Gasteiger partial charge in [-0.1, -0.05) is 6.07 Å². The van der Waals surface area contributed by atoms with Crippen molar-refractivity contribution < 1.29 is 0 Å². The van der Waals surface area contributed by atoms with Crippen molar-refractivity contribution in [3.8, 4) is 0 Å². The number of aryl methyl sites for hydroxylation is 2. The second-order valence-corrected chi connectivity index (χ2v) is 6.39. The first-order valence-corrected chi connectivity index (χ1v) is 7.39. The van der Waals surface area contributed by atoms with Gasteiger partial charge >= 0.3 is 0 Å². The molecule has 1 aliphatic heterocycles. The van der Waals surface area contributed by atoms with E-state index < -0.39 is 0 Å². The minimum absolute atomic E-state index is 0.155. The van der Waals surface area contributed by atoms with Gasteiger partial charge in [-0.3, -0.25) is 4.90 Å². The number of piperazine rings is 1. The van der Waals surface area contributed by atoms with Crippen LogP contribution >= 0.6 is 0 Å². The fourth-order valence-electron chi connectivity index (χ4n) is 2.85. The van der Waals surface area contributed by atoms with E-state index in [0.717, 1.165) is 32.7 Å². The predicted octanol–water partition coefficient (Wildman–Crippen LogP) is 1.92. The Morgan fingerprint density at radius 1 is 1.05 bits per heavy atom. The van der Waals surface area contributed by atoms with Gasteiger partial charge in [0, 0.05) is 44.0 Å². The van der Waals surface area contributed by atoms with E-state index in [-0.39, 0.29) is 5.54 Å². The maximum absolute atomic E-state index is 6.20. The first-order chi connectivity index (χ1) is 9.06. The molecule has 0 aromatic heterocycles. The van der Waals surface area contributed by atoms with Crippen molar-refractivity contribution in [2.45, 2.75) is 32.2 Å². The molecule has 3 heteroatoms. The number of nitrogens with two attached hydrogens (primary N) is 1. The second kappa shape index (κ2) is 4.80. The number of hydrogen-bond acceptors (Lipinski definition) is 3. The Morgan fingerprint density at radius 2 is 1.74 bits per heavy atom. The van der Waals surface area contributed by atoms with Gasteiger partial charge in [-0.15, -0.1) is 0 Å². The van der Waals surface area contributed by atoms with E-state index in [4.69, 9.17) is 5.73 Å². The summed E-state index contributed by atoms with van der Waals surface area (Å²) in [5, 5.41) is 0. The number of nitrogens with zero attached hydrogens (tertiary/aromatic N) is 2. The zero-order valence-electron chi connectivity index (χ0n) is 12.2. The van der Waals surface area contributed by atoms with Crippen LogP contribution < -0.4 is 10.6 Å². The minimum atomic E-state index is 0.155. The Hall–Kier alpha value is -1.06. The fourth-order valence-corrected chi connectivity index (χ4v) is 2.85. The van der Waals surface area contributed by atoms with Crippen LogP contribution in [0.2, 0.25) is 0 Å². The van der Waals surface area contributed by atoms with Crippen LogP contribution in [0.4, 0.5) is 5.69 Å². The highest BCUT2D eigenvalue weighted by atomic mass is 15.3. The molecule has 0 atom stereocenters. The molecule has 104 valence electrons. The maximum atomic E-state index is 6.20. The highest BCUT2D eigenvalue weighted by Crippen LogP contribution is 2.33. The topological polar surface area (TPSA) is 32.5 Å². The predicted molar refractivity (Wildman–Crippen MR) is 80.7 cm³/mol. The Balaban J connectivity index is 1.58. The lowest BCUT2D eigenvalue weighted by Gasteiger charge is -2.37. The number of anilines is 1. The maximum Gasteiger partial charge on any atom is 0.0369 e. The molecule has 1 aliphatic carbocycles. The standard InChI is InChI=1S/C16H25N3/c1-13-3-4-15(11-14(13)2)19-9-7-18(8-10-19)12-16(17)5-6-16/h3-4,11H,5-10,12,17H2,1-2H3. The third kappa shape index (κ3) is 2.93. The van der Waals surface area contributed by atoms with E-state index in [1.807, 2.05) is 0 Å². The lowest BCUT2D eigenvalue weighted by atomic mass is 10.1. The van der Waals surface area contributed by atoms with Crippen LogP contribution in [0.1, 0.15) is 24.0 Å². The van der Waals surface area contributed by atoms with Crippen LogP contribution in [0.25, 0.3) is 0 Å². The largest absolute Gasteiger partial charge is 0.369 e. The summed E-state index contributed by atoms with van der Waals surface area (Å²) < 4.78 is 0. The molecule has 1 saturated carbocycles. The van der Waals surface area contributed by atoms with E-state index in [2.05, 4.69) is 41.8 Å². The number of rotatable bonds is 3. The molecule has 3 rings (SSSR count). The third-order valence-electron chi connectivity index (χ3n) is 4.66. The van der Waals surface area contributed by atoms with Crippen LogP contribution in [0.3, 0.4) is 0 Å². The Morgan fingerprint density at radius 3 is 2.32 bits per heavy atom. The smallest absolute Gasteiger partial charge is 0.0369 e. The van der Waals surface area contributed by atoms with Crippen molar-refractivity contribution in [1.82, 2.24) is 4.90 Å². The summed E-state index contributed by atoms with van der Waals surface area (Å²) in [6.45, 7) is 10.00. The van der Waals surface area contributed by atoms with E-state index in [1.165, 1.54) is 29.7 Å². The molecule has 19 heavy (non-hydrogen) atoms. The van der Waals surface area contributed by atoms with Gasteiger partial charge in [0.15, 0.2) is 0 Å². The lowest BCUT2D eigenvalue weighted by Crippen LogP contribution is -2.50. The summed E-state index contributed by atoms with van der Waals surface area (Å²) in [6.07, 6.45) is 2.43. The third-order valence-corrected chi connectivity index (χ3v) is 4.66. The molecule has 0 bridgehead atoms. The molecule has 2 fully saturated rings. The molecule has 0 amide bonds. The van der Waals surface area contributed by atoms with Crippen LogP contribution in [0.15, 0.2) is 18.2 Å². The summed E-state index contributed by atoms with van der Waals surface area (Å²) in [6, 6.07) is 6.80. The van der Waals surface area contributed by atoms with Crippen molar-refractivity contribution in [2.75, 3.05) is 37.6 Å². The highest BCUT2D eigenvalue weighted by Gasteiger charge is 2.40. The summed E-state index contributed by atoms with van der Waals surface area (Å²) in [5.74, 6) is 0. The van der Waals surface area contributed by atoms with Crippen LogP contribution in [0, 0.1) is 13.8 Å². The van der Waals surface area contributed by atoms with E-state index in [0.29, 0.717) is 0 Å². The second-order valence-electron chi connectivity index (χ2n) is 6.39. The molecule has 1 saturated heterocycles. The number of hydrogen-bond donors (Lipinski definition) is 1. The molecule has 1 aromatic rings. The van der Waals surface area contributed by atoms with Gasteiger partial charge < -0.3 is 10.6 Å². The van der Waals surface area contributed by atoms with Crippen LogP contribution in [-0.2, 0) is 0 Å². The molecule has 2 N–H and O–H groups in total. The van der Waals surface area contributed by atoms with Crippen molar-refractivity contribution >= 4 is 5.69 Å². The Bertz CT molecular complexity index is 457.